The van der Waals surface area contributed by atoms with Crippen LogP contribution in [0.5, 0.6) is 6.01 Å². The van der Waals surface area contributed by atoms with Gasteiger partial charge in [0.15, 0.2) is 5.82 Å². The number of aliphatic hydroxyl groups excluding tert-OH is 1. The fourth-order valence-corrected chi connectivity index (χ4v) is 8.88. The molecule has 7 rings (SSSR count). The summed E-state index contributed by atoms with van der Waals surface area (Å²) in [4.78, 5) is 14.1. The summed E-state index contributed by atoms with van der Waals surface area (Å²) in [6, 6.07) is 9.02. The minimum Gasteiger partial charge on any atom is -0.508 e. The van der Waals surface area contributed by atoms with E-state index in [4.69, 9.17) is 14.5 Å². The van der Waals surface area contributed by atoms with Crippen LogP contribution in [0.3, 0.4) is 0 Å². The standard InChI is InChI=1S/C40H51F2N5O3/c1-6-26-8-7-9-27(25(26)4)15-32(48)14-24(3)36-35(41)18-34-38(37(36)42)44-40(45-39(34)46-20-28-10-11-29(21-46)43-28)50-22-23(2)19-47-30-12-13-31(47)17-33(16-30)49-5/h7-9,14-15,18,23,28-31,33,43,48H,6,10-13,16-17,19-22H2,1-5H3/b24-14+,32-15+/t23-,28?,29?,30?,31?,33?/m1/s1. The predicted molar refractivity (Wildman–Crippen MR) is 195 cm³/mol. The first kappa shape index (κ1) is 34.8. The topological polar surface area (TPSA) is 83.0 Å². The third-order valence-electron chi connectivity index (χ3n) is 11.5. The van der Waals surface area contributed by atoms with E-state index in [-0.39, 0.29) is 34.3 Å². The van der Waals surface area contributed by atoms with Gasteiger partial charge in [-0.05, 0) is 99.3 Å². The molecule has 8 nitrogen and oxygen atoms in total. The number of aromatic nitrogens is 2. The first-order valence-corrected chi connectivity index (χ1v) is 18.4. The number of halogens is 2. The number of ether oxygens (including phenoxy) is 2. The molecule has 2 aromatic carbocycles. The van der Waals surface area contributed by atoms with Crippen LogP contribution < -0.4 is 15.0 Å². The van der Waals surface area contributed by atoms with Gasteiger partial charge in [0.2, 0.25) is 0 Å². The van der Waals surface area contributed by atoms with E-state index in [1.807, 2.05) is 26.2 Å². The molecule has 4 unspecified atom stereocenters. The Morgan fingerprint density at radius 1 is 1.10 bits per heavy atom. The number of piperazine rings is 1. The lowest BCUT2D eigenvalue weighted by Gasteiger charge is -2.39. The molecule has 10 heteroatoms. The van der Waals surface area contributed by atoms with Crippen LogP contribution in [-0.2, 0) is 11.2 Å². The van der Waals surface area contributed by atoms with Crippen molar-refractivity contribution in [3.05, 3.63) is 70.0 Å². The number of aryl methyl sites for hydroxylation is 1. The molecule has 1 aromatic heterocycles. The highest BCUT2D eigenvalue weighted by Crippen LogP contribution is 2.38. The highest BCUT2D eigenvalue weighted by Gasteiger charge is 2.41. The number of hydrogen-bond acceptors (Lipinski definition) is 8. The van der Waals surface area contributed by atoms with Crippen LogP contribution in [0.15, 0.2) is 36.1 Å². The molecule has 4 fully saturated rings. The summed E-state index contributed by atoms with van der Waals surface area (Å²) in [6.07, 6.45) is 10.9. The van der Waals surface area contributed by atoms with E-state index in [0.29, 0.717) is 61.2 Å². The van der Waals surface area contributed by atoms with Crippen molar-refractivity contribution in [2.24, 2.45) is 5.92 Å². The van der Waals surface area contributed by atoms with Crippen LogP contribution in [0, 0.1) is 24.5 Å². The van der Waals surface area contributed by atoms with E-state index in [0.717, 1.165) is 49.8 Å². The summed E-state index contributed by atoms with van der Waals surface area (Å²) in [6.45, 7) is 10.5. The van der Waals surface area contributed by atoms with E-state index in [2.05, 4.69) is 40.0 Å². The molecule has 50 heavy (non-hydrogen) atoms. The number of piperidine rings is 1. The molecule has 3 aromatic rings. The van der Waals surface area contributed by atoms with Gasteiger partial charge in [-0.15, -0.1) is 0 Å². The Morgan fingerprint density at radius 2 is 1.82 bits per heavy atom. The number of allylic oxidation sites excluding steroid dienone is 2. The van der Waals surface area contributed by atoms with Crippen molar-refractivity contribution in [3.63, 3.8) is 0 Å². The quantitative estimate of drug-likeness (QED) is 0.160. The number of nitrogens with zero attached hydrogens (tertiary/aromatic N) is 4. The lowest BCUT2D eigenvalue weighted by atomic mass is 9.98. The lowest BCUT2D eigenvalue weighted by Crippen LogP contribution is -2.51. The Kier molecular flexibility index (Phi) is 10.1. The SMILES string of the molecule is CCc1cccc(/C=C(O)\C=C(/C)c2c(F)cc3c(N4CC5CCC(C4)N5)nc(OC[C@H](C)CN4C5CCC4CC(OC)C5)nc3c2F)c1C. The van der Waals surface area contributed by atoms with Gasteiger partial charge in [-0.1, -0.05) is 32.0 Å². The maximum Gasteiger partial charge on any atom is 0.319 e. The van der Waals surface area contributed by atoms with Gasteiger partial charge in [-0.3, -0.25) is 4.90 Å². The number of aliphatic hydroxyl groups is 1. The highest BCUT2D eigenvalue weighted by atomic mass is 19.1. The van der Waals surface area contributed by atoms with Gasteiger partial charge in [0.05, 0.1) is 18.3 Å². The van der Waals surface area contributed by atoms with E-state index < -0.39 is 11.6 Å². The Labute approximate surface area is 294 Å². The van der Waals surface area contributed by atoms with Gasteiger partial charge >= 0.3 is 6.01 Å². The Hall–Kier alpha value is -3.60. The fraction of sp³-hybridized carbons (Fsp3) is 0.550. The highest BCUT2D eigenvalue weighted by molar-refractivity contribution is 5.93. The summed E-state index contributed by atoms with van der Waals surface area (Å²) < 4.78 is 44.5. The summed E-state index contributed by atoms with van der Waals surface area (Å²) >= 11 is 0. The lowest BCUT2D eigenvalue weighted by molar-refractivity contribution is -0.00166. The molecule has 0 radical (unpaired) electrons. The zero-order valence-electron chi connectivity index (χ0n) is 30.0. The molecule has 4 aliphatic heterocycles. The molecule has 5 heterocycles. The van der Waals surface area contributed by atoms with Crippen molar-refractivity contribution >= 4 is 28.4 Å². The molecule has 2 N–H and O–H groups in total. The number of rotatable bonds is 11. The normalized spacial score (nSPS) is 26.2. The average molecular weight is 688 g/mol. The van der Waals surface area contributed by atoms with Gasteiger partial charge in [-0.25, -0.2) is 8.78 Å². The van der Waals surface area contributed by atoms with Crippen molar-refractivity contribution in [3.8, 4) is 6.01 Å². The van der Waals surface area contributed by atoms with Crippen LogP contribution in [0.1, 0.15) is 81.5 Å². The first-order valence-electron chi connectivity index (χ1n) is 18.4. The summed E-state index contributed by atoms with van der Waals surface area (Å²) in [5.74, 6) is -0.906. The number of benzene rings is 2. The van der Waals surface area contributed by atoms with Crippen molar-refractivity contribution in [1.29, 1.82) is 0 Å². The molecule has 4 bridgehead atoms. The first-order chi connectivity index (χ1) is 24.1. The van der Waals surface area contributed by atoms with Crippen molar-refractivity contribution in [2.45, 2.75) is 103 Å². The molecule has 4 saturated heterocycles. The molecular formula is C40H51F2N5O3. The second kappa shape index (κ2) is 14.6. The number of nitrogens with one attached hydrogen (secondary N) is 1. The largest absolute Gasteiger partial charge is 0.508 e. The zero-order chi connectivity index (χ0) is 35.1. The molecule has 268 valence electrons. The van der Waals surface area contributed by atoms with Gasteiger partial charge in [0.25, 0.3) is 0 Å². The monoisotopic (exact) mass is 687 g/mol. The second-order valence-electron chi connectivity index (χ2n) is 15.0. The van der Waals surface area contributed by atoms with Crippen molar-refractivity contribution < 1.29 is 23.4 Å². The molecule has 0 spiro atoms. The van der Waals surface area contributed by atoms with Gasteiger partial charge in [0, 0.05) is 62.2 Å². The zero-order valence-corrected chi connectivity index (χ0v) is 30.0. The molecule has 0 aliphatic carbocycles. The van der Waals surface area contributed by atoms with Gasteiger partial charge in [0.1, 0.15) is 22.9 Å². The van der Waals surface area contributed by atoms with Crippen LogP contribution in [0.2, 0.25) is 0 Å². The van der Waals surface area contributed by atoms with E-state index in [9.17, 15) is 5.11 Å². The number of anilines is 1. The minimum absolute atomic E-state index is 0.0160. The fourth-order valence-electron chi connectivity index (χ4n) is 8.88. The van der Waals surface area contributed by atoms with Crippen LogP contribution in [0.4, 0.5) is 14.6 Å². The minimum atomic E-state index is -0.789. The van der Waals surface area contributed by atoms with Crippen LogP contribution >= 0.6 is 0 Å². The summed E-state index contributed by atoms with van der Waals surface area (Å²) in [5, 5.41) is 14.9. The maximum atomic E-state index is 16.6. The number of hydrogen-bond donors (Lipinski definition) is 2. The van der Waals surface area contributed by atoms with Gasteiger partial charge < -0.3 is 24.8 Å². The second-order valence-corrected chi connectivity index (χ2v) is 15.0. The summed E-state index contributed by atoms with van der Waals surface area (Å²) in [7, 11) is 1.81. The van der Waals surface area contributed by atoms with Crippen molar-refractivity contribution in [2.75, 3.05) is 38.3 Å². The third kappa shape index (κ3) is 6.99. The molecular weight excluding hydrogens is 636 g/mol. The Morgan fingerprint density at radius 3 is 2.50 bits per heavy atom. The molecule has 5 atom stereocenters. The predicted octanol–water partition coefficient (Wildman–Crippen LogP) is 7.38. The Bertz CT molecular complexity index is 1770. The third-order valence-corrected chi connectivity index (χ3v) is 11.5. The molecule has 4 aliphatic rings. The van der Waals surface area contributed by atoms with Gasteiger partial charge in [-0.2, -0.15) is 9.97 Å². The average Bonchev–Trinajstić information content (AvgIpc) is 3.54. The molecule has 0 amide bonds. The van der Waals surface area contributed by atoms with E-state index in [1.54, 1.807) is 13.0 Å². The van der Waals surface area contributed by atoms with Crippen molar-refractivity contribution in [1.82, 2.24) is 20.2 Å². The smallest absolute Gasteiger partial charge is 0.319 e. The number of methoxy groups -OCH3 is 1. The van der Waals surface area contributed by atoms with Crippen LogP contribution in [-0.4, -0.2) is 83.6 Å². The maximum absolute atomic E-state index is 16.6. The van der Waals surface area contributed by atoms with E-state index in [1.165, 1.54) is 30.5 Å². The Balaban J connectivity index is 1.18. The molecule has 0 saturated carbocycles. The van der Waals surface area contributed by atoms with Crippen LogP contribution in [0.25, 0.3) is 22.6 Å². The number of fused-ring (bicyclic) bond motifs is 5. The summed E-state index contributed by atoms with van der Waals surface area (Å²) in [5.41, 5.74) is 3.14. The van der Waals surface area contributed by atoms with E-state index >= 15 is 8.78 Å².